The van der Waals surface area contributed by atoms with Crippen molar-refractivity contribution in [3.05, 3.63) is 56.7 Å². The van der Waals surface area contributed by atoms with Gasteiger partial charge in [0, 0.05) is 10.7 Å². The second-order valence-corrected chi connectivity index (χ2v) is 5.46. The largest absolute Gasteiger partial charge is 0.478 e. The zero-order valence-electron chi connectivity index (χ0n) is 9.93. The Morgan fingerprint density at radius 2 is 1.90 bits per heavy atom. The molecule has 1 heterocycles. The number of hydrogen-bond acceptors (Lipinski definition) is 3. The number of halogens is 2. The molecule has 0 fully saturated rings. The Bertz CT molecular complexity index is 689. The van der Waals surface area contributed by atoms with Crippen LogP contribution < -0.4 is 5.32 Å². The number of nitrogens with zero attached hydrogens (tertiary/aromatic N) is 1. The van der Waals surface area contributed by atoms with E-state index in [0.29, 0.717) is 14.6 Å². The highest BCUT2D eigenvalue weighted by Crippen LogP contribution is 2.23. The molecule has 0 aliphatic carbocycles. The number of aromatic nitrogens is 1. The van der Waals surface area contributed by atoms with Gasteiger partial charge in [-0.3, -0.25) is 4.79 Å². The maximum Gasteiger partial charge on any atom is 0.337 e. The maximum atomic E-state index is 12.1. The number of pyridine rings is 1. The van der Waals surface area contributed by atoms with Gasteiger partial charge in [-0.05, 0) is 46.3 Å². The summed E-state index contributed by atoms with van der Waals surface area (Å²) < 4.78 is 1.06. The average Bonchev–Trinajstić information content (AvgIpc) is 2.38. The summed E-state index contributed by atoms with van der Waals surface area (Å²) in [6, 6.07) is 7.76. The van der Waals surface area contributed by atoms with Crippen LogP contribution >= 0.6 is 31.9 Å². The van der Waals surface area contributed by atoms with Crippen LogP contribution in [0, 0.1) is 0 Å². The molecule has 1 amide bonds. The van der Waals surface area contributed by atoms with Crippen LogP contribution in [-0.2, 0) is 0 Å². The molecule has 0 radical (unpaired) electrons. The van der Waals surface area contributed by atoms with Gasteiger partial charge in [0.1, 0.15) is 4.60 Å². The zero-order valence-corrected chi connectivity index (χ0v) is 13.1. The quantitative estimate of drug-likeness (QED) is 0.773. The Labute approximate surface area is 131 Å². The Morgan fingerprint density at radius 3 is 2.55 bits per heavy atom. The highest BCUT2D eigenvalue weighted by Gasteiger charge is 2.15. The van der Waals surface area contributed by atoms with Gasteiger partial charge < -0.3 is 10.4 Å². The summed E-state index contributed by atoms with van der Waals surface area (Å²) in [5.74, 6) is -1.55. The van der Waals surface area contributed by atoms with E-state index < -0.39 is 11.9 Å². The minimum Gasteiger partial charge on any atom is -0.478 e. The van der Waals surface area contributed by atoms with E-state index in [2.05, 4.69) is 42.2 Å². The minimum absolute atomic E-state index is 0.0153. The first-order valence-electron chi connectivity index (χ1n) is 5.44. The normalized spacial score (nSPS) is 10.1. The molecule has 0 atom stereocenters. The van der Waals surface area contributed by atoms with Crippen molar-refractivity contribution in [3.8, 4) is 0 Å². The summed E-state index contributed by atoms with van der Waals surface area (Å²) in [7, 11) is 0. The number of anilines is 1. The molecule has 7 heteroatoms. The summed E-state index contributed by atoms with van der Waals surface area (Å²) in [4.78, 5) is 27.2. The molecule has 1 aromatic carbocycles. The third kappa shape index (κ3) is 3.23. The van der Waals surface area contributed by atoms with Gasteiger partial charge in [0.25, 0.3) is 5.91 Å². The van der Waals surface area contributed by atoms with Crippen molar-refractivity contribution in [1.82, 2.24) is 4.98 Å². The highest BCUT2D eigenvalue weighted by atomic mass is 79.9. The third-order valence-corrected chi connectivity index (χ3v) is 3.59. The van der Waals surface area contributed by atoms with Gasteiger partial charge in [-0.15, -0.1) is 0 Å². The Morgan fingerprint density at radius 1 is 1.15 bits per heavy atom. The van der Waals surface area contributed by atoms with E-state index in [1.807, 2.05) is 0 Å². The van der Waals surface area contributed by atoms with Crippen molar-refractivity contribution in [3.63, 3.8) is 0 Å². The minimum atomic E-state index is -1.11. The van der Waals surface area contributed by atoms with E-state index in [-0.39, 0.29) is 11.3 Å². The van der Waals surface area contributed by atoms with E-state index in [9.17, 15) is 9.59 Å². The van der Waals surface area contributed by atoms with E-state index in [1.165, 1.54) is 12.1 Å². The standard InChI is InChI=1S/C13H8Br2N2O3/c14-7-3-4-8(13(19)20)10(6-7)17-12(18)9-2-1-5-16-11(9)15/h1-6H,(H,17,18)(H,19,20). The fourth-order valence-corrected chi connectivity index (χ4v) is 2.34. The smallest absolute Gasteiger partial charge is 0.337 e. The predicted molar refractivity (Wildman–Crippen MR) is 81.0 cm³/mol. The lowest BCUT2D eigenvalue weighted by atomic mass is 10.1. The summed E-state index contributed by atoms with van der Waals surface area (Å²) in [6.45, 7) is 0. The molecule has 102 valence electrons. The molecule has 2 rings (SSSR count). The molecular weight excluding hydrogens is 392 g/mol. The summed E-state index contributed by atoms with van der Waals surface area (Å²) >= 11 is 6.41. The molecular formula is C13H8Br2N2O3. The van der Waals surface area contributed by atoms with Crippen LogP contribution in [0.2, 0.25) is 0 Å². The second-order valence-electron chi connectivity index (χ2n) is 3.79. The Kier molecular flexibility index (Phi) is 4.51. The van der Waals surface area contributed by atoms with Gasteiger partial charge in [0.05, 0.1) is 16.8 Å². The number of carboxylic acid groups (broad SMARTS) is 1. The molecule has 0 aliphatic rings. The molecule has 0 saturated carbocycles. The van der Waals surface area contributed by atoms with Crippen LogP contribution in [0.4, 0.5) is 5.69 Å². The molecule has 5 nitrogen and oxygen atoms in total. The number of carboxylic acids is 1. The van der Waals surface area contributed by atoms with Crippen molar-refractivity contribution in [1.29, 1.82) is 0 Å². The van der Waals surface area contributed by atoms with E-state index in [0.717, 1.165) is 0 Å². The fourth-order valence-electron chi connectivity index (χ4n) is 1.55. The first kappa shape index (κ1) is 14.7. The lowest BCUT2D eigenvalue weighted by Crippen LogP contribution is -2.15. The molecule has 0 unspecified atom stereocenters. The first-order valence-corrected chi connectivity index (χ1v) is 7.02. The monoisotopic (exact) mass is 398 g/mol. The molecule has 0 aliphatic heterocycles. The maximum absolute atomic E-state index is 12.1. The van der Waals surface area contributed by atoms with Crippen LogP contribution in [0.1, 0.15) is 20.7 Å². The van der Waals surface area contributed by atoms with Crippen LogP contribution in [0.5, 0.6) is 0 Å². The zero-order chi connectivity index (χ0) is 14.7. The van der Waals surface area contributed by atoms with Crippen molar-refractivity contribution in [2.24, 2.45) is 0 Å². The van der Waals surface area contributed by atoms with Crippen molar-refractivity contribution >= 4 is 49.4 Å². The summed E-state index contributed by atoms with van der Waals surface area (Å²) in [5.41, 5.74) is 0.554. The van der Waals surface area contributed by atoms with Gasteiger partial charge in [-0.25, -0.2) is 9.78 Å². The lowest BCUT2D eigenvalue weighted by molar-refractivity contribution is 0.0698. The van der Waals surface area contributed by atoms with Crippen LogP contribution in [0.25, 0.3) is 0 Å². The molecule has 20 heavy (non-hydrogen) atoms. The third-order valence-electron chi connectivity index (χ3n) is 2.46. The van der Waals surface area contributed by atoms with Crippen molar-refractivity contribution in [2.45, 2.75) is 0 Å². The SMILES string of the molecule is O=C(O)c1ccc(Br)cc1NC(=O)c1cccnc1Br. The molecule has 0 spiro atoms. The topological polar surface area (TPSA) is 79.3 Å². The number of benzene rings is 1. The number of nitrogens with one attached hydrogen (secondary N) is 1. The van der Waals surface area contributed by atoms with Gasteiger partial charge in [-0.1, -0.05) is 15.9 Å². The number of carbonyl (C=O) groups is 2. The van der Waals surface area contributed by atoms with Crippen molar-refractivity contribution < 1.29 is 14.7 Å². The average molecular weight is 400 g/mol. The molecule has 2 N–H and O–H groups in total. The Balaban J connectivity index is 2.35. The van der Waals surface area contributed by atoms with E-state index >= 15 is 0 Å². The van der Waals surface area contributed by atoms with Crippen LogP contribution in [0.15, 0.2) is 45.6 Å². The lowest BCUT2D eigenvalue weighted by Gasteiger charge is -2.09. The van der Waals surface area contributed by atoms with E-state index in [4.69, 9.17) is 5.11 Å². The van der Waals surface area contributed by atoms with E-state index in [1.54, 1.807) is 24.4 Å². The number of hydrogen-bond donors (Lipinski definition) is 2. The predicted octanol–water partition coefficient (Wildman–Crippen LogP) is 3.56. The summed E-state index contributed by atoms with van der Waals surface area (Å²) in [5, 5.41) is 11.7. The highest BCUT2D eigenvalue weighted by molar-refractivity contribution is 9.10. The Hall–Kier alpha value is -1.73. The van der Waals surface area contributed by atoms with Crippen LogP contribution in [-0.4, -0.2) is 22.0 Å². The van der Waals surface area contributed by atoms with Gasteiger partial charge >= 0.3 is 5.97 Å². The molecule has 1 aromatic heterocycles. The number of aromatic carboxylic acids is 1. The first-order chi connectivity index (χ1) is 9.49. The van der Waals surface area contributed by atoms with Crippen molar-refractivity contribution in [2.75, 3.05) is 5.32 Å². The molecule has 0 saturated heterocycles. The summed E-state index contributed by atoms with van der Waals surface area (Å²) in [6.07, 6.45) is 1.54. The van der Waals surface area contributed by atoms with Crippen LogP contribution in [0.3, 0.4) is 0 Å². The number of amides is 1. The number of rotatable bonds is 3. The fraction of sp³-hybridized carbons (Fsp3) is 0. The number of carbonyl (C=O) groups excluding carboxylic acids is 1. The molecule has 0 bridgehead atoms. The van der Waals surface area contributed by atoms with Gasteiger partial charge in [-0.2, -0.15) is 0 Å². The second kappa shape index (κ2) is 6.15. The molecule has 2 aromatic rings. The van der Waals surface area contributed by atoms with Gasteiger partial charge in [0.15, 0.2) is 0 Å². The van der Waals surface area contributed by atoms with Gasteiger partial charge in [0.2, 0.25) is 0 Å².